The molecule has 3 rings (SSSR count). The highest BCUT2D eigenvalue weighted by molar-refractivity contribution is 5.79. The Balaban J connectivity index is 1.66. The van der Waals surface area contributed by atoms with Crippen LogP contribution in [0.1, 0.15) is 31.0 Å². The number of nitrogens with zero attached hydrogens (tertiary/aromatic N) is 3. The SMILES string of the molecule is CCN1CCC(N(C)Cc2ccc3nc(C)ccc3c2)CC1. The lowest BCUT2D eigenvalue weighted by molar-refractivity contribution is 0.127. The van der Waals surface area contributed by atoms with Crippen molar-refractivity contribution in [2.45, 2.75) is 39.3 Å². The predicted octanol–water partition coefficient (Wildman–Crippen LogP) is 3.46. The zero-order valence-corrected chi connectivity index (χ0v) is 14.0. The maximum Gasteiger partial charge on any atom is 0.0705 e. The third-order valence-electron chi connectivity index (χ3n) is 4.95. The molecule has 0 aliphatic carbocycles. The molecule has 0 atom stereocenters. The van der Waals surface area contributed by atoms with E-state index in [1.54, 1.807) is 0 Å². The van der Waals surface area contributed by atoms with Gasteiger partial charge in [0.2, 0.25) is 0 Å². The van der Waals surface area contributed by atoms with E-state index in [-0.39, 0.29) is 0 Å². The maximum atomic E-state index is 4.58. The Morgan fingerprint density at radius 1 is 1.18 bits per heavy atom. The first-order chi connectivity index (χ1) is 10.7. The average Bonchev–Trinajstić information content (AvgIpc) is 2.55. The third-order valence-corrected chi connectivity index (χ3v) is 4.95. The number of piperidine rings is 1. The number of pyridine rings is 1. The van der Waals surface area contributed by atoms with Crippen molar-refractivity contribution in [3.05, 3.63) is 41.6 Å². The van der Waals surface area contributed by atoms with E-state index in [1.165, 1.54) is 43.4 Å². The Kier molecular flexibility index (Phi) is 4.74. The van der Waals surface area contributed by atoms with Crippen LogP contribution < -0.4 is 0 Å². The first-order valence-electron chi connectivity index (χ1n) is 8.44. The van der Waals surface area contributed by atoms with Crippen LogP contribution in [0.4, 0.5) is 0 Å². The van der Waals surface area contributed by atoms with Gasteiger partial charge >= 0.3 is 0 Å². The molecular weight excluding hydrogens is 270 g/mol. The molecule has 3 heteroatoms. The Labute approximate surface area is 133 Å². The largest absolute Gasteiger partial charge is 0.303 e. The van der Waals surface area contributed by atoms with Gasteiger partial charge in [-0.2, -0.15) is 0 Å². The second-order valence-electron chi connectivity index (χ2n) is 6.56. The molecule has 1 aliphatic heterocycles. The normalized spacial score (nSPS) is 17.5. The molecule has 0 spiro atoms. The summed E-state index contributed by atoms with van der Waals surface area (Å²) in [7, 11) is 2.27. The zero-order chi connectivity index (χ0) is 15.5. The van der Waals surface area contributed by atoms with Gasteiger partial charge in [-0.05, 0) is 70.2 Å². The number of benzene rings is 1. The van der Waals surface area contributed by atoms with E-state index in [9.17, 15) is 0 Å². The Bertz CT molecular complexity index is 630. The molecular formula is C19H27N3. The number of rotatable bonds is 4. The van der Waals surface area contributed by atoms with Crippen LogP contribution in [0.2, 0.25) is 0 Å². The summed E-state index contributed by atoms with van der Waals surface area (Å²) in [6.07, 6.45) is 2.58. The predicted molar refractivity (Wildman–Crippen MR) is 93.1 cm³/mol. The minimum absolute atomic E-state index is 0.717. The molecule has 0 saturated carbocycles. The Morgan fingerprint density at radius 3 is 2.68 bits per heavy atom. The molecule has 0 radical (unpaired) electrons. The Morgan fingerprint density at radius 2 is 1.95 bits per heavy atom. The van der Waals surface area contributed by atoms with Crippen molar-refractivity contribution in [1.82, 2.24) is 14.8 Å². The molecule has 0 unspecified atom stereocenters. The van der Waals surface area contributed by atoms with Crippen molar-refractivity contribution >= 4 is 10.9 Å². The zero-order valence-electron chi connectivity index (χ0n) is 14.0. The van der Waals surface area contributed by atoms with E-state index in [0.29, 0.717) is 0 Å². The van der Waals surface area contributed by atoms with Crippen molar-refractivity contribution in [2.75, 3.05) is 26.7 Å². The highest BCUT2D eigenvalue weighted by Crippen LogP contribution is 2.20. The molecule has 1 aromatic heterocycles. The molecule has 0 N–H and O–H groups in total. The van der Waals surface area contributed by atoms with Crippen LogP contribution in [0, 0.1) is 6.92 Å². The summed E-state index contributed by atoms with van der Waals surface area (Å²) < 4.78 is 0. The highest BCUT2D eigenvalue weighted by atomic mass is 15.2. The fourth-order valence-electron chi connectivity index (χ4n) is 3.47. The molecule has 0 amide bonds. The molecule has 1 aromatic carbocycles. The van der Waals surface area contributed by atoms with Gasteiger partial charge in [0.05, 0.1) is 5.52 Å². The van der Waals surface area contributed by atoms with Crippen molar-refractivity contribution in [3.8, 4) is 0 Å². The molecule has 118 valence electrons. The summed E-state index contributed by atoms with van der Waals surface area (Å²) in [6.45, 7) is 9.01. The van der Waals surface area contributed by atoms with E-state index in [0.717, 1.165) is 23.8 Å². The summed E-state index contributed by atoms with van der Waals surface area (Å²) in [5.41, 5.74) is 3.57. The van der Waals surface area contributed by atoms with Crippen LogP contribution in [0.15, 0.2) is 30.3 Å². The van der Waals surface area contributed by atoms with Gasteiger partial charge in [-0.25, -0.2) is 0 Å². The second kappa shape index (κ2) is 6.76. The summed E-state index contributed by atoms with van der Waals surface area (Å²) >= 11 is 0. The first-order valence-corrected chi connectivity index (χ1v) is 8.44. The molecule has 0 bridgehead atoms. The summed E-state index contributed by atoms with van der Waals surface area (Å²) in [5, 5.41) is 1.25. The summed E-state index contributed by atoms with van der Waals surface area (Å²) in [5.74, 6) is 0. The van der Waals surface area contributed by atoms with Gasteiger partial charge in [0.25, 0.3) is 0 Å². The molecule has 1 aliphatic rings. The topological polar surface area (TPSA) is 19.4 Å². The van der Waals surface area contributed by atoms with E-state index in [4.69, 9.17) is 0 Å². The standard InChI is InChI=1S/C19H27N3/c1-4-22-11-9-18(10-12-22)21(3)14-16-6-8-19-17(13-16)7-5-15(2)20-19/h5-8,13,18H,4,9-12,14H2,1-3H3. The summed E-state index contributed by atoms with van der Waals surface area (Å²) in [6, 6.07) is 11.7. The van der Waals surface area contributed by atoms with Crippen LogP contribution in [-0.4, -0.2) is 47.5 Å². The molecule has 2 heterocycles. The second-order valence-corrected chi connectivity index (χ2v) is 6.56. The van der Waals surface area contributed by atoms with E-state index in [1.807, 2.05) is 6.92 Å². The smallest absolute Gasteiger partial charge is 0.0705 e. The fourth-order valence-corrected chi connectivity index (χ4v) is 3.47. The van der Waals surface area contributed by atoms with Crippen LogP contribution in [0.5, 0.6) is 0 Å². The van der Waals surface area contributed by atoms with Gasteiger partial charge in [0.15, 0.2) is 0 Å². The lowest BCUT2D eigenvalue weighted by atomic mass is 10.0. The van der Waals surface area contributed by atoms with E-state index < -0.39 is 0 Å². The summed E-state index contributed by atoms with van der Waals surface area (Å²) in [4.78, 5) is 9.66. The highest BCUT2D eigenvalue weighted by Gasteiger charge is 2.21. The maximum absolute atomic E-state index is 4.58. The minimum atomic E-state index is 0.717. The fraction of sp³-hybridized carbons (Fsp3) is 0.526. The number of aromatic nitrogens is 1. The van der Waals surface area contributed by atoms with Gasteiger partial charge in [-0.15, -0.1) is 0 Å². The number of hydrogen-bond acceptors (Lipinski definition) is 3. The van der Waals surface area contributed by atoms with Gasteiger partial charge < -0.3 is 4.90 Å². The van der Waals surface area contributed by atoms with Gasteiger partial charge in [0.1, 0.15) is 0 Å². The molecule has 22 heavy (non-hydrogen) atoms. The van der Waals surface area contributed by atoms with Crippen LogP contribution in [0.25, 0.3) is 10.9 Å². The van der Waals surface area contributed by atoms with Crippen molar-refractivity contribution in [3.63, 3.8) is 0 Å². The number of fused-ring (bicyclic) bond motifs is 1. The van der Waals surface area contributed by atoms with Crippen molar-refractivity contribution in [1.29, 1.82) is 0 Å². The quantitative estimate of drug-likeness (QED) is 0.861. The third kappa shape index (κ3) is 3.47. The first kappa shape index (κ1) is 15.4. The number of aryl methyl sites for hydroxylation is 1. The molecule has 1 saturated heterocycles. The van der Waals surface area contributed by atoms with E-state index in [2.05, 4.69) is 59.1 Å². The van der Waals surface area contributed by atoms with Crippen LogP contribution in [-0.2, 0) is 6.54 Å². The van der Waals surface area contributed by atoms with Gasteiger partial charge in [-0.1, -0.05) is 19.1 Å². The van der Waals surface area contributed by atoms with Gasteiger partial charge in [-0.3, -0.25) is 9.88 Å². The van der Waals surface area contributed by atoms with Crippen LogP contribution >= 0.6 is 0 Å². The van der Waals surface area contributed by atoms with Gasteiger partial charge in [0, 0.05) is 23.7 Å². The van der Waals surface area contributed by atoms with Crippen LogP contribution in [0.3, 0.4) is 0 Å². The molecule has 3 nitrogen and oxygen atoms in total. The minimum Gasteiger partial charge on any atom is -0.303 e. The lowest BCUT2D eigenvalue weighted by Crippen LogP contribution is -2.42. The monoisotopic (exact) mass is 297 g/mol. The number of likely N-dealkylation sites (tertiary alicyclic amines) is 1. The molecule has 1 fully saturated rings. The average molecular weight is 297 g/mol. The Hall–Kier alpha value is -1.45. The number of hydrogen-bond donors (Lipinski definition) is 0. The van der Waals surface area contributed by atoms with Crippen molar-refractivity contribution < 1.29 is 0 Å². The van der Waals surface area contributed by atoms with E-state index >= 15 is 0 Å². The lowest BCUT2D eigenvalue weighted by Gasteiger charge is -2.36. The van der Waals surface area contributed by atoms with Crippen molar-refractivity contribution in [2.24, 2.45) is 0 Å². The molecule has 2 aromatic rings.